The second kappa shape index (κ2) is 7.46. The van der Waals surface area contributed by atoms with Crippen molar-refractivity contribution in [1.82, 2.24) is 24.8 Å². The first-order valence-corrected chi connectivity index (χ1v) is 8.52. The first kappa shape index (κ1) is 17.1. The third-order valence-electron chi connectivity index (χ3n) is 4.49. The van der Waals surface area contributed by atoms with Crippen molar-refractivity contribution in [3.63, 3.8) is 0 Å². The molecular formula is C18H23N5O2. The quantitative estimate of drug-likeness (QED) is 0.895. The molecule has 0 bridgehead atoms. The molecule has 1 aliphatic heterocycles. The highest BCUT2D eigenvalue weighted by Crippen LogP contribution is 2.31. The van der Waals surface area contributed by atoms with Crippen LogP contribution in [0.15, 0.2) is 30.6 Å². The number of likely N-dealkylation sites (tertiary alicyclic amines) is 1. The molecule has 0 radical (unpaired) electrons. The molecule has 0 aromatic carbocycles. The Hall–Kier alpha value is -2.70. The molecule has 2 aromatic heterocycles. The fourth-order valence-corrected chi connectivity index (χ4v) is 3.18. The molecule has 3 rings (SSSR count). The van der Waals surface area contributed by atoms with Crippen LogP contribution in [-0.2, 0) is 22.7 Å². The Morgan fingerprint density at radius 3 is 2.92 bits per heavy atom. The predicted molar refractivity (Wildman–Crippen MR) is 92.4 cm³/mol. The lowest BCUT2D eigenvalue weighted by Gasteiger charge is -2.25. The standard InChI is InChI=1S/C18H23N5O2/c1-13-19-8-10-22(13)12-18(25)23-9-4-7-17(23)16-6-3-5-15(21-16)11-20-14(2)24/h3,5-6,8,10,17H,4,7,9,11-12H2,1-2H3,(H,20,24). The maximum atomic E-state index is 12.7. The monoisotopic (exact) mass is 341 g/mol. The molecule has 2 aromatic rings. The van der Waals surface area contributed by atoms with Crippen LogP contribution in [0.4, 0.5) is 0 Å². The number of nitrogens with zero attached hydrogens (tertiary/aromatic N) is 4. The molecule has 1 N–H and O–H groups in total. The molecule has 1 fully saturated rings. The smallest absolute Gasteiger partial charge is 0.243 e. The summed E-state index contributed by atoms with van der Waals surface area (Å²) in [5, 5.41) is 2.76. The van der Waals surface area contributed by atoms with Crippen LogP contribution in [-0.4, -0.2) is 37.8 Å². The normalized spacial score (nSPS) is 16.9. The minimum Gasteiger partial charge on any atom is -0.351 e. The van der Waals surface area contributed by atoms with Crippen molar-refractivity contribution < 1.29 is 9.59 Å². The highest BCUT2D eigenvalue weighted by atomic mass is 16.2. The fourth-order valence-electron chi connectivity index (χ4n) is 3.18. The summed E-state index contributed by atoms with van der Waals surface area (Å²) in [7, 11) is 0. The van der Waals surface area contributed by atoms with Gasteiger partial charge in [-0.05, 0) is 31.9 Å². The van der Waals surface area contributed by atoms with Gasteiger partial charge in [-0.3, -0.25) is 14.6 Å². The molecule has 1 saturated heterocycles. The lowest BCUT2D eigenvalue weighted by atomic mass is 10.1. The molecule has 132 valence electrons. The van der Waals surface area contributed by atoms with Crippen LogP contribution in [0.1, 0.15) is 43.0 Å². The maximum Gasteiger partial charge on any atom is 0.243 e. The highest BCUT2D eigenvalue weighted by Gasteiger charge is 2.31. The van der Waals surface area contributed by atoms with Crippen LogP contribution >= 0.6 is 0 Å². The van der Waals surface area contributed by atoms with Gasteiger partial charge in [0.2, 0.25) is 11.8 Å². The number of imidazole rings is 1. The van der Waals surface area contributed by atoms with E-state index in [1.807, 2.05) is 40.8 Å². The summed E-state index contributed by atoms with van der Waals surface area (Å²) in [5.74, 6) is 0.831. The molecule has 2 amide bonds. The Morgan fingerprint density at radius 1 is 1.36 bits per heavy atom. The number of nitrogens with one attached hydrogen (secondary N) is 1. The molecule has 7 nitrogen and oxygen atoms in total. The third-order valence-corrected chi connectivity index (χ3v) is 4.49. The zero-order valence-electron chi connectivity index (χ0n) is 14.6. The van der Waals surface area contributed by atoms with E-state index in [4.69, 9.17) is 0 Å². The van der Waals surface area contributed by atoms with E-state index in [0.717, 1.165) is 36.6 Å². The summed E-state index contributed by atoms with van der Waals surface area (Å²) in [6.45, 7) is 4.82. The van der Waals surface area contributed by atoms with Gasteiger partial charge in [-0.15, -0.1) is 0 Å². The second-order valence-corrected chi connectivity index (χ2v) is 6.31. The summed E-state index contributed by atoms with van der Waals surface area (Å²) in [6.07, 6.45) is 5.41. The molecule has 1 unspecified atom stereocenters. The van der Waals surface area contributed by atoms with Crippen molar-refractivity contribution in [2.45, 2.75) is 45.8 Å². The summed E-state index contributed by atoms with van der Waals surface area (Å²) in [5.41, 5.74) is 1.69. The first-order valence-electron chi connectivity index (χ1n) is 8.52. The Morgan fingerprint density at radius 2 is 2.20 bits per heavy atom. The van der Waals surface area contributed by atoms with Crippen LogP contribution in [0.3, 0.4) is 0 Å². The molecule has 25 heavy (non-hydrogen) atoms. The summed E-state index contributed by atoms with van der Waals surface area (Å²) in [4.78, 5) is 34.5. The van der Waals surface area contributed by atoms with Crippen molar-refractivity contribution >= 4 is 11.8 Å². The molecule has 0 saturated carbocycles. The number of aromatic nitrogens is 3. The maximum absolute atomic E-state index is 12.7. The van der Waals surface area contributed by atoms with Gasteiger partial charge in [0.1, 0.15) is 12.4 Å². The van der Waals surface area contributed by atoms with E-state index in [2.05, 4.69) is 15.3 Å². The molecule has 3 heterocycles. The van der Waals surface area contributed by atoms with Crippen LogP contribution in [0.2, 0.25) is 0 Å². The van der Waals surface area contributed by atoms with E-state index >= 15 is 0 Å². The van der Waals surface area contributed by atoms with Crippen LogP contribution in [0.25, 0.3) is 0 Å². The van der Waals surface area contributed by atoms with Gasteiger partial charge in [-0.25, -0.2) is 4.98 Å². The topological polar surface area (TPSA) is 80.1 Å². The van der Waals surface area contributed by atoms with Gasteiger partial charge in [0, 0.05) is 25.9 Å². The highest BCUT2D eigenvalue weighted by molar-refractivity contribution is 5.77. The van der Waals surface area contributed by atoms with E-state index in [0.29, 0.717) is 13.1 Å². The zero-order valence-corrected chi connectivity index (χ0v) is 14.6. The van der Waals surface area contributed by atoms with E-state index in [9.17, 15) is 9.59 Å². The van der Waals surface area contributed by atoms with Gasteiger partial charge in [0.15, 0.2) is 0 Å². The van der Waals surface area contributed by atoms with Crippen molar-refractivity contribution in [3.8, 4) is 0 Å². The van der Waals surface area contributed by atoms with Gasteiger partial charge < -0.3 is 14.8 Å². The molecule has 1 aliphatic rings. The van der Waals surface area contributed by atoms with Crippen molar-refractivity contribution in [3.05, 3.63) is 47.8 Å². The van der Waals surface area contributed by atoms with Crippen LogP contribution in [0, 0.1) is 6.92 Å². The number of rotatable bonds is 5. The van der Waals surface area contributed by atoms with E-state index in [1.165, 1.54) is 6.92 Å². The third kappa shape index (κ3) is 4.04. The van der Waals surface area contributed by atoms with E-state index in [1.54, 1.807) is 6.20 Å². The SMILES string of the molecule is CC(=O)NCc1cccc(C2CCCN2C(=O)Cn2ccnc2C)n1. The summed E-state index contributed by atoms with van der Waals surface area (Å²) < 4.78 is 1.86. The number of carbonyl (C=O) groups is 2. The largest absolute Gasteiger partial charge is 0.351 e. The Bertz CT molecular complexity index is 770. The number of amides is 2. The predicted octanol–water partition coefficient (Wildman–Crippen LogP) is 1.59. The van der Waals surface area contributed by atoms with Gasteiger partial charge in [0.25, 0.3) is 0 Å². The summed E-state index contributed by atoms with van der Waals surface area (Å²) >= 11 is 0. The Kier molecular flexibility index (Phi) is 5.11. The van der Waals surface area contributed by atoms with E-state index in [-0.39, 0.29) is 17.9 Å². The van der Waals surface area contributed by atoms with Gasteiger partial charge in [0.05, 0.1) is 24.0 Å². The Balaban J connectivity index is 1.72. The van der Waals surface area contributed by atoms with Crippen molar-refractivity contribution in [2.75, 3.05) is 6.54 Å². The Labute approximate surface area is 147 Å². The minimum absolute atomic E-state index is 0.00592. The molecular weight excluding hydrogens is 318 g/mol. The number of pyridine rings is 1. The number of carbonyl (C=O) groups excluding carboxylic acids is 2. The number of hydrogen-bond donors (Lipinski definition) is 1. The van der Waals surface area contributed by atoms with Gasteiger partial charge in [-0.1, -0.05) is 6.07 Å². The lowest BCUT2D eigenvalue weighted by molar-refractivity contribution is -0.132. The van der Waals surface area contributed by atoms with Crippen molar-refractivity contribution in [1.29, 1.82) is 0 Å². The average molecular weight is 341 g/mol. The molecule has 0 aliphatic carbocycles. The van der Waals surface area contributed by atoms with Crippen molar-refractivity contribution in [2.24, 2.45) is 0 Å². The second-order valence-electron chi connectivity index (χ2n) is 6.31. The number of hydrogen-bond acceptors (Lipinski definition) is 4. The summed E-state index contributed by atoms with van der Waals surface area (Å²) in [6, 6.07) is 5.76. The molecule has 7 heteroatoms. The number of aryl methyl sites for hydroxylation is 1. The van der Waals surface area contributed by atoms with Crippen LogP contribution in [0.5, 0.6) is 0 Å². The minimum atomic E-state index is -0.0828. The lowest BCUT2D eigenvalue weighted by Crippen LogP contribution is -2.34. The van der Waals surface area contributed by atoms with Gasteiger partial charge in [-0.2, -0.15) is 0 Å². The zero-order chi connectivity index (χ0) is 17.8. The fraction of sp³-hybridized carbons (Fsp3) is 0.444. The average Bonchev–Trinajstić information content (AvgIpc) is 3.23. The molecule has 1 atom stereocenters. The molecule has 0 spiro atoms. The van der Waals surface area contributed by atoms with Gasteiger partial charge >= 0.3 is 0 Å². The van der Waals surface area contributed by atoms with Crippen LogP contribution < -0.4 is 5.32 Å². The van der Waals surface area contributed by atoms with E-state index < -0.39 is 0 Å². The first-order chi connectivity index (χ1) is 12.0.